The molecule has 1 N–H and O–H groups in total. The van der Waals surface area contributed by atoms with Gasteiger partial charge in [-0.1, -0.05) is 24.6 Å². The van der Waals surface area contributed by atoms with Crippen molar-refractivity contribution in [1.29, 1.82) is 0 Å². The maximum atomic E-state index is 12.0. The fraction of sp³-hybridized carbons (Fsp3) is 0.462. The van der Waals surface area contributed by atoms with Crippen LogP contribution in [0.25, 0.3) is 0 Å². The number of nitrogens with one attached hydrogen (secondary N) is 1. The number of piperidine rings is 1. The second-order valence-corrected chi connectivity index (χ2v) is 4.35. The predicted octanol–water partition coefficient (Wildman–Crippen LogP) is 2.11. The minimum atomic E-state index is 0.0361. The van der Waals surface area contributed by atoms with Crippen molar-refractivity contribution >= 4 is 11.6 Å². The molecule has 86 valence electrons. The van der Waals surface area contributed by atoms with E-state index < -0.39 is 0 Å². The average Bonchev–Trinajstić information content (AvgIpc) is 2.31. The average molecular weight is 218 g/mol. The van der Waals surface area contributed by atoms with E-state index >= 15 is 0 Å². The second kappa shape index (κ2) is 5.12. The number of hydrogen-bond acceptors (Lipinski definition) is 2. The van der Waals surface area contributed by atoms with Gasteiger partial charge in [-0.05, 0) is 38.6 Å². The minimum Gasteiger partial charge on any atom is -0.325 e. The van der Waals surface area contributed by atoms with Crippen molar-refractivity contribution in [2.75, 3.05) is 18.9 Å². The summed E-state index contributed by atoms with van der Waals surface area (Å²) in [5.41, 5.74) is 0.881. The molecule has 1 fully saturated rings. The van der Waals surface area contributed by atoms with Crippen LogP contribution in [0.2, 0.25) is 0 Å². The van der Waals surface area contributed by atoms with Gasteiger partial charge in [0.15, 0.2) is 0 Å². The van der Waals surface area contributed by atoms with E-state index in [1.54, 1.807) is 0 Å². The Labute approximate surface area is 96.5 Å². The van der Waals surface area contributed by atoms with Crippen molar-refractivity contribution < 1.29 is 4.79 Å². The summed E-state index contributed by atoms with van der Waals surface area (Å²) in [6, 6.07) is 9.68. The first kappa shape index (κ1) is 11.1. The van der Waals surface area contributed by atoms with Crippen LogP contribution in [0.4, 0.5) is 5.69 Å². The number of carbonyl (C=O) groups excluding carboxylic acids is 1. The first-order valence-electron chi connectivity index (χ1n) is 5.83. The molecule has 1 atom stereocenters. The summed E-state index contributed by atoms with van der Waals surface area (Å²) < 4.78 is 0. The summed E-state index contributed by atoms with van der Waals surface area (Å²) in [7, 11) is 2.02. The summed E-state index contributed by atoms with van der Waals surface area (Å²) in [6.45, 7) is 1.02. The Morgan fingerprint density at radius 1 is 1.31 bits per heavy atom. The fourth-order valence-electron chi connectivity index (χ4n) is 2.15. The molecule has 2 rings (SSSR count). The van der Waals surface area contributed by atoms with Crippen LogP contribution in [-0.2, 0) is 4.79 Å². The lowest BCUT2D eigenvalue weighted by Crippen LogP contribution is -2.44. The third kappa shape index (κ3) is 2.61. The molecule has 1 heterocycles. The normalized spacial score (nSPS) is 21.7. The number of rotatable bonds is 2. The van der Waals surface area contributed by atoms with Crippen molar-refractivity contribution in [2.24, 2.45) is 0 Å². The lowest BCUT2D eigenvalue weighted by molar-refractivity contribution is -0.121. The lowest BCUT2D eigenvalue weighted by atomic mass is 10.0. The molecule has 1 saturated heterocycles. The van der Waals surface area contributed by atoms with Gasteiger partial charge in [-0.2, -0.15) is 0 Å². The summed E-state index contributed by atoms with van der Waals surface area (Å²) in [5.74, 6) is 0.119. The maximum absolute atomic E-state index is 12.0. The molecule has 3 heteroatoms. The van der Waals surface area contributed by atoms with Gasteiger partial charge in [0, 0.05) is 5.69 Å². The molecule has 0 saturated carbocycles. The first-order chi connectivity index (χ1) is 7.77. The highest BCUT2D eigenvalue weighted by Crippen LogP contribution is 2.16. The van der Waals surface area contributed by atoms with Crippen LogP contribution in [0.3, 0.4) is 0 Å². The van der Waals surface area contributed by atoms with E-state index in [2.05, 4.69) is 10.2 Å². The van der Waals surface area contributed by atoms with Crippen LogP contribution in [0.15, 0.2) is 30.3 Å². The van der Waals surface area contributed by atoms with E-state index in [9.17, 15) is 4.79 Å². The third-order valence-electron chi connectivity index (χ3n) is 3.11. The monoisotopic (exact) mass is 218 g/mol. The highest BCUT2D eigenvalue weighted by molar-refractivity contribution is 5.94. The van der Waals surface area contributed by atoms with Crippen molar-refractivity contribution in [3.8, 4) is 0 Å². The molecular formula is C13H18N2O. The topological polar surface area (TPSA) is 32.3 Å². The number of para-hydroxylation sites is 1. The zero-order chi connectivity index (χ0) is 11.4. The molecule has 3 nitrogen and oxygen atoms in total. The fourth-order valence-corrected chi connectivity index (χ4v) is 2.15. The van der Waals surface area contributed by atoms with E-state index in [1.165, 1.54) is 6.42 Å². The van der Waals surface area contributed by atoms with Gasteiger partial charge in [0.2, 0.25) is 5.91 Å². The lowest BCUT2D eigenvalue weighted by Gasteiger charge is -2.31. The van der Waals surface area contributed by atoms with Gasteiger partial charge in [0.1, 0.15) is 0 Å². The number of anilines is 1. The molecule has 0 radical (unpaired) electrons. The highest BCUT2D eigenvalue weighted by atomic mass is 16.2. The predicted molar refractivity (Wildman–Crippen MR) is 65.3 cm³/mol. The van der Waals surface area contributed by atoms with Crippen LogP contribution < -0.4 is 5.32 Å². The third-order valence-corrected chi connectivity index (χ3v) is 3.11. The molecule has 16 heavy (non-hydrogen) atoms. The van der Waals surface area contributed by atoms with Crippen LogP contribution in [0.1, 0.15) is 19.3 Å². The summed E-state index contributed by atoms with van der Waals surface area (Å²) in [4.78, 5) is 14.2. The van der Waals surface area contributed by atoms with Crippen LogP contribution in [-0.4, -0.2) is 30.4 Å². The van der Waals surface area contributed by atoms with Crippen molar-refractivity contribution in [1.82, 2.24) is 4.90 Å². The maximum Gasteiger partial charge on any atom is 0.241 e. The standard InChI is InChI=1S/C13H18N2O/c1-15-10-6-5-9-12(15)13(16)14-11-7-3-2-4-8-11/h2-4,7-8,12H,5-6,9-10H2,1H3,(H,14,16). The molecule has 1 aliphatic heterocycles. The highest BCUT2D eigenvalue weighted by Gasteiger charge is 2.25. The van der Waals surface area contributed by atoms with Crippen LogP contribution >= 0.6 is 0 Å². The molecule has 1 unspecified atom stereocenters. The molecule has 1 aliphatic rings. The number of hydrogen-bond donors (Lipinski definition) is 1. The van der Waals surface area contributed by atoms with Crippen LogP contribution in [0.5, 0.6) is 0 Å². The second-order valence-electron chi connectivity index (χ2n) is 4.35. The number of benzene rings is 1. The van der Waals surface area contributed by atoms with Gasteiger partial charge < -0.3 is 5.32 Å². The molecule has 0 bridgehead atoms. The van der Waals surface area contributed by atoms with Gasteiger partial charge >= 0.3 is 0 Å². The number of nitrogens with zero attached hydrogens (tertiary/aromatic N) is 1. The van der Waals surface area contributed by atoms with Crippen molar-refractivity contribution in [2.45, 2.75) is 25.3 Å². The zero-order valence-electron chi connectivity index (χ0n) is 9.65. The van der Waals surface area contributed by atoms with Crippen LogP contribution in [0, 0.1) is 0 Å². The minimum absolute atomic E-state index is 0.0361. The molecular weight excluding hydrogens is 200 g/mol. The van der Waals surface area contributed by atoms with Gasteiger partial charge in [0.25, 0.3) is 0 Å². The Morgan fingerprint density at radius 2 is 2.06 bits per heavy atom. The summed E-state index contributed by atoms with van der Waals surface area (Å²) in [6.07, 6.45) is 3.32. The first-order valence-corrected chi connectivity index (χ1v) is 5.83. The zero-order valence-corrected chi connectivity index (χ0v) is 9.65. The molecule has 0 spiro atoms. The Kier molecular flexibility index (Phi) is 3.57. The Bertz CT molecular complexity index is 350. The van der Waals surface area contributed by atoms with Gasteiger partial charge in [0.05, 0.1) is 6.04 Å². The molecule has 0 aromatic heterocycles. The van der Waals surface area contributed by atoms with Crippen molar-refractivity contribution in [3.63, 3.8) is 0 Å². The van der Waals surface area contributed by atoms with Gasteiger partial charge in [-0.25, -0.2) is 0 Å². The molecule has 0 aliphatic carbocycles. The van der Waals surface area contributed by atoms with Crippen molar-refractivity contribution in [3.05, 3.63) is 30.3 Å². The molecule has 1 aromatic rings. The van der Waals surface area contributed by atoms with E-state index in [0.717, 1.165) is 25.1 Å². The smallest absolute Gasteiger partial charge is 0.241 e. The van der Waals surface area contributed by atoms with Gasteiger partial charge in [-0.15, -0.1) is 0 Å². The Balaban J connectivity index is 1.97. The van der Waals surface area contributed by atoms with E-state index in [-0.39, 0.29) is 11.9 Å². The number of likely N-dealkylation sites (N-methyl/N-ethyl adjacent to an activating group) is 1. The number of amides is 1. The van der Waals surface area contributed by atoms with E-state index in [4.69, 9.17) is 0 Å². The quantitative estimate of drug-likeness (QED) is 0.824. The van der Waals surface area contributed by atoms with Gasteiger partial charge in [-0.3, -0.25) is 9.69 Å². The number of carbonyl (C=O) groups is 1. The molecule has 1 amide bonds. The number of likely N-dealkylation sites (tertiary alicyclic amines) is 1. The summed E-state index contributed by atoms with van der Waals surface area (Å²) >= 11 is 0. The Hall–Kier alpha value is -1.35. The van der Waals surface area contributed by atoms with E-state index in [0.29, 0.717) is 0 Å². The van der Waals surface area contributed by atoms with E-state index in [1.807, 2.05) is 37.4 Å². The largest absolute Gasteiger partial charge is 0.325 e. The Morgan fingerprint density at radius 3 is 2.75 bits per heavy atom. The summed E-state index contributed by atoms with van der Waals surface area (Å²) in [5, 5.41) is 2.96. The SMILES string of the molecule is CN1CCCCC1C(=O)Nc1ccccc1. The molecule has 1 aromatic carbocycles.